The molecule has 0 aliphatic carbocycles. The molecule has 0 N–H and O–H groups in total. The molecule has 2 aromatic heterocycles. The van der Waals surface area contributed by atoms with E-state index in [-0.39, 0.29) is 23.5 Å². The first-order chi connectivity index (χ1) is 17.0. The summed E-state index contributed by atoms with van der Waals surface area (Å²) in [5, 5.41) is 0. The monoisotopic (exact) mass is 473 g/mol. The van der Waals surface area contributed by atoms with Gasteiger partial charge >= 0.3 is 0 Å². The topological polar surface area (TPSA) is 59.2 Å². The number of aromatic nitrogens is 2. The van der Waals surface area contributed by atoms with E-state index in [1.807, 2.05) is 4.90 Å². The van der Waals surface area contributed by atoms with E-state index in [2.05, 4.69) is 9.97 Å². The van der Waals surface area contributed by atoms with E-state index in [0.29, 0.717) is 54.4 Å². The van der Waals surface area contributed by atoms with E-state index in [1.165, 1.54) is 18.2 Å². The van der Waals surface area contributed by atoms with Crippen LogP contribution in [0.5, 0.6) is 0 Å². The van der Waals surface area contributed by atoms with E-state index in [1.54, 1.807) is 54.9 Å². The zero-order valence-electron chi connectivity index (χ0n) is 19.2. The number of hydrogen-bond donors (Lipinski definition) is 0. The predicted molar refractivity (Wildman–Crippen MR) is 127 cm³/mol. The van der Waals surface area contributed by atoms with Gasteiger partial charge in [-0.2, -0.15) is 0 Å². The number of amides is 1. The SMILES string of the molecule is O=C(c1ccnc(Cc2ccccc2F)c1)N1CCCC(c2ncc(Cc3ccc(F)cc3)o2)C1. The molecule has 1 aliphatic heterocycles. The lowest BCUT2D eigenvalue weighted by Gasteiger charge is -2.31. The van der Waals surface area contributed by atoms with Crippen LogP contribution in [0.1, 0.15) is 57.6 Å². The lowest BCUT2D eigenvalue weighted by molar-refractivity contribution is 0.0697. The maximum atomic E-state index is 14.0. The average Bonchev–Trinajstić information content (AvgIpc) is 3.35. The molecule has 7 heteroatoms. The number of oxazole rings is 1. The molecule has 0 radical (unpaired) electrons. The summed E-state index contributed by atoms with van der Waals surface area (Å²) >= 11 is 0. The largest absolute Gasteiger partial charge is 0.445 e. The van der Waals surface area contributed by atoms with Gasteiger partial charge in [-0.3, -0.25) is 9.78 Å². The van der Waals surface area contributed by atoms with Crippen LogP contribution in [-0.2, 0) is 12.8 Å². The summed E-state index contributed by atoms with van der Waals surface area (Å²) in [5.41, 5.74) is 2.67. The van der Waals surface area contributed by atoms with Crippen LogP contribution < -0.4 is 0 Å². The Morgan fingerprint density at radius 3 is 2.69 bits per heavy atom. The zero-order chi connectivity index (χ0) is 24.2. The van der Waals surface area contributed by atoms with E-state index >= 15 is 0 Å². The number of rotatable bonds is 6. The number of likely N-dealkylation sites (tertiary alicyclic amines) is 1. The molecule has 3 heterocycles. The Morgan fingerprint density at radius 2 is 1.86 bits per heavy atom. The van der Waals surface area contributed by atoms with Gasteiger partial charge in [0, 0.05) is 43.4 Å². The van der Waals surface area contributed by atoms with Gasteiger partial charge in [0.2, 0.25) is 0 Å². The first-order valence-electron chi connectivity index (χ1n) is 11.7. The standard InChI is InChI=1S/C28H25F2N3O2/c29-23-9-7-19(8-10-23)14-25-17-32-27(35-25)22-5-3-13-33(18-22)28(34)21-11-12-31-24(16-21)15-20-4-1-2-6-26(20)30/h1-2,4,6-12,16-17,22H,3,5,13-15,18H2. The molecule has 1 amide bonds. The van der Waals surface area contributed by atoms with Crippen molar-refractivity contribution in [2.24, 2.45) is 0 Å². The fourth-order valence-corrected chi connectivity index (χ4v) is 4.49. The number of carbonyl (C=O) groups is 1. The molecular weight excluding hydrogens is 448 g/mol. The number of nitrogens with zero attached hydrogens (tertiary/aromatic N) is 3. The van der Waals surface area contributed by atoms with Crippen molar-refractivity contribution in [1.82, 2.24) is 14.9 Å². The maximum Gasteiger partial charge on any atom is 0.253 e. The first kappa shape index (κ1) is 22.9. The molecule has 178 valence electrons. The average molecular weight is 474 g/mol. The molecule has 1 aliphatic rings. The molecule has 0 spiro atoms. The molecule has 35 heavy (non-hydrogen) atoms. The highest BCUT2D eigenvalue weighted by Crippen LogP contribution is 2.28. The third-order valence-corrected chi connectivity index (χ3v) is 6.31. The molecule has 5 nitrogen and oxygen atoms in total. The van der Waals surface area contributed by atoms with Crippen LogP contribution in [0.3, 0.4) is 0 Å². The molecule has 0 saturated carbocycles. The number of piperidine rings is 1. The Hall–Kier alpha value is -3.87. The lowest BCUT2D eigenvalue weighted by Crippen LogP contribution is -2.39. The number of pyridine rings is 1. The maximum absolute atomic E-state index is 14.0. The van der Waals surface area contributed by atoms with Gasteiger partial charge in [-0.05, 0) is 54.3 Å². The fraction of sp³-hybridized carbons (Fsp3) is 0.250. The molecular formula is C28H25F2N3O2. The molecule has 2 aromatic carbocycles. The number of carbonyl (C=O) groups excluding carboxylic acids is 1. The van der Waals surface area contributed by atoms with Crippen molar-refractivity contribution in [1.29, 1.82) is 0 Å². The molecule has 1 fully saturated rings. The van der Waals surface area contributed by atoms with Crippen LogP contribution in [-0.4, -0.2) is 33.9 Å². The van der Waals surface area contributed by atoms with Gasteiger partial charge < -0.3 is 9.32 Å². The second-order valence-electron chi connectivity index (χ2n) is 8.86. The minimum Gasteiger partial charge on any atom is -0.445 e. The summed E-state index contributed by atoms with van der Waals surface area (Å²) in [7, 11) is 0. The van der Waals surface area contributed by atoms with Crippen molar-refractivity contribution in [3.63, 3.8) is 0 Å². The Morgan fingerprint density at radius 1 is 1.03 bits per heavy atom. The van der Waals surface area contributed by atoms with Crippen molar-refractivity contribution in [3.8, 4) is 0 Å². The highest BCUT2D eigenvalue weighted by molar-refractivity contribution is 5.94. The summed E-state index contributed by atoms with van der Waals surface area (Å²) in [4.78, 5) is 23.9. The van der Waals surface area contributed by atoms with Gasteiger partial charge in [0.15, 0.2) is 5.89 Å². The smallest absolute Gasteiger partial charge is 0.253 e. The molecule has 5 rings (SSSR count). The summed E-state index contributed by atoms with van der Waals surface area (Å²) in [6.45, 7) is 1.17. The number of hydrogen-bond acceptors (Lipinski definition) is 4. The van der Waals surface area contributed by atoms with Crippen LogP contribution in [0, 0.1) is 11.6 Å². The Balaban J connectivity index is 1.25. The molecule has 0 bridgehead atoms. The van der Waals surface area contributed by atoms with Crippen molar-refractivity contribution in [3.05, 3.63) is 119 Å². The highest BCUT2D eigenvalue weighted by atomic mass is 19.1. The fourth-order valence-electron chi connectivity index (χ4n) is 4.49. The van der Waals surface area contributed by atoms with Gasteiger partial charge in [0.05, 0.1) is 12.1 Å². The van der Waals surface area contributed by atoms with E-state index < -0.39 is 0 Å². The third kappa shape index (κ3) is 5.45. The zero-order valence-corrected chi connectivity index (χ0v) is 19.2. The van der Waals surface area contributed by atoms with Crippen molar-refractivity contribution in [2.45, 2.75) is 31.6 Å². The van der Waals surface area contributed by atoms with Gasteiger partial charge in [0.25, 0.3) is 5.91 Å². The minimum atomic E-state index is -0.283. The van der Waals surface area contributed by atoms with E-state index in [4.69, 9.17) is 4.42 Å². The molecule has 1 saturated heterocycles. The summed E-state index contributed by atoms with van der Waals surface area (Å²) < 4.78 is 33.2. The lowest BCUT2D eigenvalue weighted by atomic mass is 9.97. The van der Waals surface area contributed by atoms with Gasteiger partial charge in [-0.15, -0.1) is 0 Å². The molecule has 1 atom stereocenters. The summed E-state index contributed by atoms with van der Waals surface area (Å²) in [5.74, 6) is 0.707. The Kier molecular flexibility index (Phi) is 6.66. The number of halogens is 2. The summed E-state index contributed by atoms with van der Waals surface area (Å²) in [6, 6.07) is 16.3. The third-order valence-electron chi connectivity index (χ3n) is 6.31. The number of benzene rings is 2. The normalized spacial score (nSPS) is 15.8. The van der Waals surface area contributed by atoms with Crippen molar-refractivity contribution < 1.29 is 18.0 Å². The quantitative estimate of drug-likeness (QED) is 0.369. The van der Waals surface area contributed by atoms with E-state index in [9.17, 15) is 13.6 Å². The van der Waals surface area contributed by atoms with Gasteiger partial charge in [0.1, 0.15) is 17.4 Å². The van der Waals surface area contributed by atoms with Gasteiger partial charge in [-0.25, -0.2) is 13.8 Å². The Labute approximate surface area is 202 Å². The van der Waals surface area contributed by atoms with Crippen LogP contribution in [0.4, 0.5) is 8.78 Å². The minimum absolute atomic E-state index is 0.00869. The van der Waals surface area contributed by atoms with Crippen LogP contribution in [0.25, 0.3) is 0 Å². The second kappa shape index (κ2) is 10.2. The predicted octanol–water partition coefficient (Wildman–Crippen LogP) is 5.55. The Bertz CT molecular complexity index is 1320. The second-order valence-corrected chi connectivity index (χ2v) is 8.86. The molecule has 4 aromatic rings. The van der Waals surface area contributed by atoms with Crippen LogP contribution in [0.2, 0.25) is 0 Å². The van der Waals surface area contributed by atoms with Crippen LogP contribution in [0.15, 0.2) is 77.5 Å². The summed E-state index contributed by atoms with van der Waals surface area (Å²) in [6.07, 6.45) is 5.89. The van der Waals surface area contributed by atoms with E-state index in [0.717, 1.165) is 18.4 Å². The van der Waals surface area contributed by atoms with Crippen molar-refractivity contribution in [2.75, 3.05) is 13.1 Å². The van der Waals surface area contributed by atoms with Crippen molar-refractivity contribution >= 4 is 5.91 Å². The van der Waals surface area contributed by atoms with Gasteiger partial charge in [-0.1, -0.05) is 30.3 Å². The first-order valence-corrected chi connectivity index (χ1v) is 11.7. The molecule has 1 unspecified atom stereocenters. The highest BCUT2D eigenvalue weighted by Gasteiger charge is 2.28. The van der Waals surface area contributed by atoms with Crippen LogP contribution >= 0.6 is 0 Å².